The lowest BCUT2D eigenvalue weighted by Crippen LogP contribution is -2.10. The molecule has 0 amide bonds. The van der Waals surface area contributed by atoms with Crippen LogP contribution in [0.3, 0.4) is 0 Å². The zero-order valence-corrected chi connectivity index (χ0v) is 20.6. The van der Waals surface area contributed by atoms with E-state index in [2.05, 4.69) is 55.4 Å². The van der Waals surface area contributed by atoms with Crippen molar-refractivity contribution in [2.45, 2.75) is 135 Å². The van der Waals surface area contributed by atoms with Gasteiger partial charge in [-0.3, -0.25) is 0 Å². The predicted octanol–water partition coefficient (Wildman–Crippen LogP) is 10.0. The van der Waals surface area contributed by atoms with Gasteiger partial charge in [0.2, 0.25) is 0 Å². The van der Waals surface area contributed by atoms with Gasteiger partial charge in [-0.05, 0) is 23.7 Å². The molecule has 24 heavy (non-hydrogen) atoms. The lowest BCUT2D eigenvalue weighted by atomic mass is 9.82. The third-order valence-electron chi connectivity index (χ3n) is 4.05. The van der Waals surface area contributed by atoms with Crippen LogP contribution in [0.15, 0.2) is 0 Å². The van der Waals surface area contributed by atoms with E-state index in [9.17, 15) is 0 Å². The summed E-state index contributed by atoms with van der Waals surface area (Å²) in [6.07, 6.45) is 8.62. The molecule has 0 heteroatoms. The molecule has 0 radical (unpaired) electrons. The summed E-state index contributed by atoms with van der Waals surface area (Å²) in [5.41, 5.74) is 0. The van der Waals surface area contributed by atoms with Crippen LogP contribution in [0.5, 0.6) is 0 Å². The Labute approximate surface area is 159 Å². The van der Waals surface area contributed by atoms with Crippen LogP contribution in [-0.2, 0) is 0 Å². The zero-order chi connectivity index (χ0) is 20.6. The van der Waals surface area contributed by atoms with Crippen molar-refractivity contribution in [3.05, 3.63) is 0 Å². The van der Waals surface area contributed by atoms with E-state index in [4.69, 9.17) is 0 Å². The van der Waals surface area contributed by atoms with E-state index >= 15 is 0 Å². The molecule has 0 atom stereocenters. The summed E-state index contributed by atoms with van der Waals surface area (Å²) in [4.78, 5) is 0. The Kier molecular flexibility index (Phi) is 50.3. The van der Waals surface area contributed by atoms with Gasteiger partial charge in [0.15, 0.2) is 0 Å². The molecule has 1 fully saturated rings. The maximum Gasteiger partial charge on any atom is -0.0417 e. The first-order valence-corrected chi connectivity index (χ1v) is 11.4. The summed E-state index contributed by atoms with van der Waals surface area (Å²) in [5.74, 6) is 3.80. The van der Waals surface area contributed by atoms with E-state index in [1.807, 2.05) is 41.5 Å². The Morgan fingerprint density at radius 2 is 0.875 bits per heavy atom. The number of hydrogen-bond acceptors (Lipinski definition) is 0. The van der Waals surface area contributed by atoms with Gasteiger partial charge in [-0.1, -0.05) is 135 Å². The summed E-state index contributed by atoms with van der Waals surface area (Å²) in [6.45, 7) is 29.9. The average Bonchev–Trinajstić information content (AvgIpc) is 2.62. The molecule has 1 aliphatic carbocycles. The second-order valence-corrected chi connectivity index (χ2v) is 6.73. The average molecular weight is 347 g/mol. The van der Waals surface area contributed by atoms with Gasteiger partial charge in [0.1, 0.15) is 0 Å². The van der Waals surface area contributed by atoms with Crippen molar-refractivity contribution in [2.75, 3.05) is 0 Å². The summed E-state index contributed by atoms with van der Waals surface area (Å²) in [5, 5.41) is 0. The van der Waals surface area contributed by atoms with Crippen LogP contribution in [0.4, 0.5) is 0 Å². The standard InChI is InChI=1S/C9H18.C6H14.C3H8.3C2H6/c1-3-9-6-4-8(2)5-7-9;1-5(2)6(3)4;1-3-2;3*1-2/h8-9H,3-7H2,1-2H3;5-6H,1-4H3;3H2,1-2H3;3*1-2H3. The molecule has 0 aromatic rings. The Morgan fingerprint density at radius 1 is 0.625 bits per heavy atom. The molecule has 0 N–H and O–H groups in total. The van der Waals surface area contributed by atoms with E-state index in [0.29, 0.717) is 0 Å². The summed E-state index contributed by atoms with van der Waals surface area (Å²) < 4.78 is 0. The molecular formula is C24H58. The van der Waals surface area contributed by atoms with Gasteiger partial charge in [0.25, 0.3) is 0 Å². The smallest absolute Gasteiger partial charge is 0.0417 e. The summed E-state index contributed by atoms with van der Waals surface area (Å²) >= 11 is 0. The van der Waals surface area contributed by atoms with E-state index < -0.39 is 0 Å². The Bertz CT molecular complexity index is 132. The fourth-order valence-corrected chi connectivity index (χ4v) is 1.74. The van der Waals surface area contributed by atoms with Crippen molar-refractivity contribution < 1.29 is 0 Å². The minimum atomic E-state index is 0.852. The molecule has 0 heterocycles. The lowest BCUT2D eigenvalue weighted by Gasteiger charge is -2.24. The largest absolute Gasteiger partial charge is 0.0683 e. The highest BCUT2D eigenvalue weighted by atomic mass is 14.2. The van der Waals surface area contributed by atoms with E-state index in [-0.39, 0.29) is 0 Å². The molecule has 0 aromatic heterocycles. The van der Waals surface area contributed by atoms with Crippen molar-refractivity contribution in [2.24, 2.45) is 23.7 Å². The summed E-state index contributed by atoms with van der Waals surface area (Å²) in [7, 11) is 0. The zero-order valence-electron chi connectivity index (χ0n) is 20.6. The third kappa shape index (κ3) is 37.9. The SMILES string of the molecule is CC.CC.CC.CC(C)C(C)C.CCC.CCC1CCC(C)CC1. The highest BCUT2D eigenvalue weighted by Crippen LogP contribution is 2.29. The van der Waals surface area contributed by atoms with E-state index in [1.54, 1.807) is 0 Å². The third-order valence-corrected chi connectivity index (χ3v) is 4.05. The van der Waals surface area contributed by atoms with Gasteiger partial charge in [-0.15, -0.1) is 0 Å². The lowest BCUT2D eigenvalue weighted by molar-refractivity contribution is 0.284. The van der Waals surface area contributed by atoms with E-state index in [1.165, 1.54) is 38.5 Å². The molecule has 1 rings (SSSR count). The van der Waals surface area contributed by atoms with Gasteiger partial charge < -0.3 is 0 Å². The van der Waals surface area contributed by atoms with Crippen LogP contribution >= 0.6 is 0 Å². The molecule has 0 unspecified atom stereocenters. The van der Waals surface area contributed by atoms with E-state index in [0.717, 1.165) is 23.7 Å². The highest BCUT2D eigenvalue weighted by molar-refractivity contribution is 4.68. The summed E-state index contributed by atoms with van der Waals surface area (Å²) in [6, 6.07) is 0. The first-order valence-electron chi connectivity index (χ1n) is 11.4. The molecule has 0 aromatic carbocycles. The molecule has 0 bridgehead atoms. The Hall–Kier alpha value is 0. The van der Waals surface area contributed by atoms with Crippen molar-refractivity contribution in [3.63, 3.8) is 0 Å². The number of rotatable bonds is 2. The topological polar surface area (TPSA) is 0 Å². The molecular weight excluding hydrogens is 288 g/mol. The van der Waals surface area contributed by atoms with Gasteiger partial charge in [0, 0.05) is 0 Å². The van der Waals surface area contributed by atoms with Crippen LogP contribution in [0, 0.1) is 23.7 Å². The Morgan fingerprint density at radius 3 is 1.04 bits per heavy atom. The van der Waals surface area contributed by atoms with Crippen molar-refractivity contribution in [3.8, 4) is 0 Å². The second kappa shape index (κ2) is 34.4. The van der Waals surface area contributed by atoms with Gasteiger partial charge in [-0.25, -0.2) is 0 Å². The maximum atomic E-state index is 2.38. The van der Waals surface area contributed by atoms with Crippen molar-refractivity contribution in [1.29, 1.82) is 0 Å². The predicted molar refractivity (Wildman–Crippen MR) is 121 cm³/mol. The number of hydrogen-bond donors (Lipinski definition) is 0. The highest BCUT2D eigenvalue weighted by Gasteiger charge is 2.15. The molecule has 0 aliphatic heterocycles. The monoisotopic (exact) mass is 346 g/mol. The molecule has 1 aliphatic rings. The fourth-order valence-electron chi connectivity index (χ4n) is 1.74. The quantitative estimate of drug-likeness (QED) is 0.466. The molecule has 0 spiro atoms. The molecule has 0 saturated heterocycles. The normalized spacial score (nSPS) is 18.0. The van der Waals surface area contributed by atoms with Crippen LogP contribution in [0.1, 0.15) is 135 Å². The van der Waals surface area contributed by atoms with Crippen molar-refractivity contribution >= 4 is 0 Å². The minimum absolute atomic E-state index is 0.852. The van der Waals surface area contributed by atoms with Gasteiger partial charge >= 0.3 is 0 Å². The Balaban J connectivity index is -0.0000000703. The first-order chi connectivity index (χ1) is 11.4. The van der Waals surface area contributed by atoms with Crippen molar-refractivity contribution in [1.82, 2.24) is 0 Å². The van der Waals surface area contributed by atoms with Crippen LogP contribution < -0.4 is 0 Å². The second-order valence-electron chi connectivity index (χ2n) is 6.73. The molecule has 154 valence electrons. The molecule has 1 saturated carbocycles. The van der Waals surface area contributed by atoms with Crippen LogP contribution in [-0.4, -0.2) is 0 Å². The van der Waals surface area contributed by atoms with Gasteiger partial charge in [0.05, 0.1) is 0 Å². The minimum Gasteiger partial charge on any atom is -0.0683 e. The van der Waals surface area contributed by atoms with Crippen LogP contribution in [0.2, 0.25) is 0 Å². The maximum absolute atomic E-state index is 2.38. The first kappa shape index (κ1) is 35.2. The van der Waals surface area contributed by atoms with Crippen LogP contribution in [0.25, 0.3) is 0 Å². The molecule has 0 nitrogen and oxygen atoms in total. The van der Waals surface area contributed by atoms with Gasteiger partial charge in [-0.2, -0.15) is 0 Å². The fraction of sp³-hybridized carbons (Fsp3) is 1.00.